The third kappa shape index (κ3) is 4.32. The van der Waals surface area contributed by atoms with E-state index in [1.54, 1.807) is 12.1 Å². The number of amides is 1. The maximum absolute atomic E-state index is 12.1. The first kappa shape index (κ1) is 16.5. The smallest absolute Gasteiger partial charge is 0.342 e. The van der Waals surface area contributed by atoms with Crippen molar-refractivity contribution in [3.63, 3.8) is 0 Å². The lowest BCUT2D eigenvalue weighted by Crippen LogP contribution is -2.37. The molecule has 5 heteroatoms. The number of carbonyl (C=O) groups excluding carboxylic acids is 2. The van der Waals surface area contributed by atoms with Gasteiger partial charge in [-0.3, -0.25) is 4.79 Å². The molecule has 0 aliphatic carbocycles. The second kappa shape index (κ2) is 7.45. The Labute approximate surface area is 134 Å². The highest BCUT2D eigenvalue weighted by molar-refractivity contribution is 5.94. The normalized spacial score (nSPS) is 13.0. The minimum Gasteiger partial charge on any atom is -0.507 e. The van der Waals surface area contributed by atoms with Crippen LogP contribution in [0.1, 0.15) is 35.8 Å². The van der Waals surface area contributed by atoms with Crippen LogP contribution in [0, 0.1) is 0 Å². The Balaban J connectivity index is 1.95. The van der Waals surface area contributed by atoms with Gasteiger partial charge >= 0.3 is 5.97 Å². The van der Waals surface area contributed by atoms with Gasteiger partial charge in [-0.25, -0.2) is 4.79 Å². The number of para-hydroxylation sites is 1. The Morgan fingerprint density at radius 2 is 1.61 bits per heavy atom. The van der Waals surface area contributed by atoms with Crippen molar-refractivity contribution in [2.45, 2.75) is 26.0 Å². The molecule has 0 heterocycles. The molecule has 2 N–H and O–H groups in total. The molecule has 23 heavy (non-hydrogen) atoms. The molecule has 2 aromatic rings. The summed E-state index contributed by atoms with van der Waals surface area (Å²) in [6, 6.07) is 15.3. The van der Waals surface area contributed by atoms with Gasteiger partial charge in [-0.2, -0.15) is 0 Å². The van der Waals surface area contributed by atoms with Gasteiger partial charge in [0.05, 0.1) is 6.04 Å². The lowest BCUT2D eigenvalue weighted by molar-refractivity contribution is -0.129. The fraction of sp³-hybridized carbons (Fsp3) is 0.222. The highest BCUT2D eigenvalue weighted by Gasteiger charge is 2.22. The van der Waals surface area contributed by atoms with E-state index in [1.807, 2.05) is 37.3 Å². The lowest BCUT2D eigenvalue weighted by atomic mass is 10.1. The first-order valence-electron chi connectivity index (χ1n) is 7.33. The van der Waals surface area contributed by atoms with Crippen LogP contribution in [0.2, 0.25) is 0 Å². The van der Waals surface area contributed by atoms with Crippen molar-refractivity contribution < 1.29 is 19.4 Å². The molecule has 2 unspecified atom stereocenters. The second-order valence-corrected chi connectivity index (χ2v) is 5.21. The summed E-state index contributed by atoms with van der Waals surface area (Å²) in [6.07, 6.45) is -0.965. The monoisotopic (exact) mass is 313 g/mol. The van der Waals surface area contributed by atoms with Gasteiger partial charge in [-0.05, 0) is 31.5 Å². The molecule has 0 radical (unpaired) electrons. The molecule has 0 aliphatic heterocycles. The fourth-order valence-electron chi connectivity index (χ4n) is 2.08. The highest BCUT2D eigenvalue weighted by Crippen LogP contribution is 2.17. The van der Waals surface area contributed by atoms with Crippen LogP contribution in [0.25, 0.3) is 0 Å². The number of ether oxygens (including phenoxy) is 1. The number of nitrogens with one attached hydrogen (secondary N) is 1. The zero-order chi connectivity index (χ0) is 16.8. The van der Waals surface area contributed by atoms with E-state index in [1.165, 1.54) is 19.1 Å². The average molecular weight is 313 g/mol. The molecule has 0 aliphatic rings. The molecule has 0 aromatic heterocycles. The Morgan fingerprint density at radius 3 is 2.26 bits per heavy atom. The standard InChI is InChI=1S/C18H19NO4/c1-12(14-8-4-3-5-9-14)19-17(21)13(2)23-18(22)15-10-6-7-11-16(15)20/h3-13,20H,1-2H3,(H,19,21). The average Bonchev–Trinajstić information content (AvgIpc) is 2.55. The van der Waals surface area contributed by atoms with E-state index in [-0.39, 0.29) is 17.4 Å². The van der Waals surface area contributed by atoms with Crippen molar-refractivity contribution in [2.75, 3.05) is 0 Å². The summed E-state index contributed by atoms with van der Waals surface area (Å²) in [7, 11) is 0. The largest absolute Gasteiger partial charge is 0.507 e. The van der Waals surface area contributed by atoms with E-state index < -0.39 is 18.0 Å². The Bertz CT molecular complexity index is 684. The Morgan fingerprint density at radius 1 is 1.00 bits per heavy atom. The van der Waals surface area contributed by atoms with E-state index in [4.69, 9.17) is 4.74 Å². The number of hydrogen-bond donors (Lipinski definition) is 2. The fourth-order valence-corrected chi connectivity index (χ4v) is 2.08. The van der Waals surface area contributed by atoms with Crippen molar-refractivity contribution in [2.24, 2.45) is 0 Å². The van der Waals surface area contributed by atoms with Crippen LogP contribution in [0.15, 0.2) is 54.6 Å². The first-order valence-corrected chi connectivity index (χ1v) is 7.33. The van der Waals surface area contributed by atoms with E-state index >= 15 is 0 Å². The van der Waals surface area contributed by atoms with E-state index in [0.717, 1.165) is 5.56 Å². The minimum absolute atomic E-state index is 0.0308. The Hall–Kier alpha value is -2.82. The third-order valence-electron chi connectivity index (χ3n) is 3.44. The van der Waals surface area contributed by atoms with Gasteiger partial charge in [0.2, 0.25) is 0 Å². The molecule has 2 aromatic carbocycles. The molecule has 120 valence electrons. The summed E-state index contributed by atoms with van der Waals surface area (Å²) in [4.78, 5) is 24.1. The van der Waals surface area contributed by atoms with Gasteiger partial charge in [0.25, 0.3) is 5.91 Å². The number of carbonyl (C=O) groups is 2. The van der Waals surface area contributed by atoms with Crippen LogP contribution < -0.4 is 5.32 Å². The molecule has 0 spiro atoms. The van der Waals surface area contributed by atoms with Crippen LogP contribution in [0.5, 0.6) is 5.75 Å². The number of rotatable bonds is 5. The summed E-state index contributed by atoms with van der Waals surface area (Å²) >= 11 is 0. The molecule has 0 bridgehead atoms. The van der Waals surface area contributed by atoms with Gasteiger partial charge in [0.15, 0.2) is 6.10 Å². The van der Waals surface area contributed by atoms with Crippen molar-refractivity contribution in [1.82, 2.24) is 5.32 Å². The molecule has 2 atom stereocenters. The van der Waals surface area contributed by atoms with Crippen molar-refractivity contribution >= 4 is 11.9 Å². The van der Waals surface area contributed by atoms with Crippen LogP contribution in [-0.2, 0) is 9.53 Å². The van der Waals surface area contributed by atoms with Crippen molar-refractivity contribution in [3.8, 4) is 5.75 Å². The summed E-state index contributed by atoms with van der Waals surface area (Å²) < 4.78 is 5.10. The van der Waals surface area contributed by atoms with Crippen molar-refractivity contribution in [3.05, 3.63) is 65.7 Å². The first-order chi connectivity index (χ1) is 11.0. The highest BCUT2D eigenvalue weighted by atomic mass is 16.5. The van der Waals surface area contributed by atoms with Crippen LogP contribution in [0.4, 0.5) is 0 Å². The van der Waals surface area contributed by atoms with E-state index in [0.29, 0.717) is 0 Å². The summed E-state index contributed by atoms with van der Waals surface area (Å²) in [5, 5.41) is 12.4. The number of esters is 1. The molecule has 0 saturated carbocycles. The lowest BCUT2D eigenvalue weighted by Gasteiger charge is -2.18. The van der Waals surface area contributed by atoms with Crippen LogP contribution in [0.3, 0.4) is 0 Å². The number of benzene rings is 2. The van der Waals surface area contributed by atoms with Gasteiger partial charge in [-0.15, -0.1) is 0 Å². The predicted octanol–water partition coefficient (Wildman–Crippen LogP) is 2.81. The minimum atomic E-state index is -0.965. The topological polar surface area (TPSA) is 75.6 Å². The number of aromatic hydroxyl groups is 1. The maximum Gasteiger partial charge on any atom is 0.342 e. The molecule has 2 rings (SSSR count). The van der Waals surface area contributed by atoms with E-state index in [9.17, 15) is 14.7 Å². The molecule has 0 fully saturated rings. The molecule has 5 nitrogen and oxygen atoms in total. The molecule has 1 amide bonds. The quantitative estimate of drug-likeness (QED) is 0.832. The van der Waals surface area contributed by atoms with E-state index in [2.05, 4.69) is 5.32 Å². The van der Waals surface area contributed by atoms with Crippen molar-refractivity contribution in [1.29, 1.82) is 0 Å². The van der Waals surface area contributed by atoms with Gasteiger partial charge in [0.1, 0.15) is 11.3 Å². The summed E-state index contributed by atoms with van der Waals surface area (Å²) in [5.41, 5.74) is 0.989. The Kier molecular flexibility index (Phi) is 5.36. The number of hydrogen-bond acceptors (Lipinski definition) is 4. The third-order valence-corrected chi connectivity index (χ3v) is 3.44. The predicted molar refractivity (Wildman–Crippen MR) is 86.0 cm³/mol. The summed E-state index contributed by atoms with van der Waals surface area (Å²) in [5.74, 6) is -1.31. The van der Waals surface area contributed by atoms with Gasteiger partial charge < -0.3 is 15.2 Å². The summed E-state index contributed by atoms with van der Waals surface area (Å²) in [6.45, 7) is 3.34. The van der Waals surface area contributed by atoms with Crippen LogP contribution in [-0.4, -0.2) is 23.1 Å². The number of phenols is 1. The SMILES string of the molecule is CC(OC(=O)c1ccccc1O)C(=O)NC(C)c1ccccc1. The van der Waals surface area contributed by atoms with Crippen LogP contribution >= 0.6 is 0 Å². The van der Waals surface area contributed by atoms with Gasteiger partial charge in [-0.1, -0.05) is 42.5 Å². The molecule has 0 saturated heterocycles. The molecular formula is C18H19NO4. The molecular weight excluding hydrogens is 294 g/mol. The second-order valence-electron chi connectivity index (χ2n) is 5.21. The zero-order valence-corrected chi connectivity index (χ0v) is 13.0. The zero-order valence-electron chi connectivity index (χ0n) is 13.0. The maximum atomic E-state index is 12.1. The number of phenolic OH excluding ortho intramolecular Hbond substituents is 1. The van der Waals surface area contributed by atoms with Gasteiger partial charge in [0, 0.05) is 0 Å².